The predicted molar refractivity (Wildman–Crippen MR) is 61.0 cm³/mol. The zero-order chi connectivity index (χ0) is 12.1. The van der Waals surface area contributed by atoms with Gasteiger partial charge in [0, 0.05) is 6.04 Å². The number of aliphatic carboxylic acids is 1. The number of carbonyl (C=O) groups is 2. The maximum absolute atomic E-state index is 11.9. The molecule has 1 aliphatic carbocycles. The van der Waals surface area contributed by atoms with Crippen LogP contribution in [0.3, 0.4) is 0 Å². The molecule has 1 rings (SSSR count). The second-order valence-electron chi connectivity index (χ2n) is 4.65. The Morgan fingerprint density at radius 2 is 1.88 bits per heavy atom. The summed E-state index contributed by atoms with van der Waals surface area (Å²) in [5.41, 5.74) is 0. The van der Waals surface area contributed by atoms with Crippen LogP contribution >= 0.6 is 0 Å². The van der Waals surface area contributed by atoms with Crippen molar-refractivity contribution in [2.24, 2.45) is 11.8 Å². The van der Waals surface area contributed by atoms with Crippen molar-refractivity contribution in [3.63, 3.8) is 0 Å². The van der Waals surface area contributed by atoms with Gasteiger partial charge >= 0.3 is 5.97 Å². The number of carbonyl (C=O) groups excluding carboxylic acids is 1. The summed E-state index contributed by atoms with van der Waals surface area (Å²) in [6.07, 6.45) is 4.09. The fourth-order valence-electron chi connectivity index (χ4n) is 2.19. The molecule has 4 heteroatoms. The lowest BCUT2D eigenvalue weighted by molar-refractivity contribution is -0.149. The van der Waals surface area contributed by atoms with Gasteiger partial charge in [-0.25, -0.2) is 0 Å². The first-order chi connectivity index (χ1) is 7.56. The minimum Gasteiger partial charge on any atom is -0.481 e. The van der Waals surface area contributed by atoms with Crippen molar-refractivity contribution in [1.82, 2.24) is 5.32 Å². The highest BCUT2D eigenvalue weighted by Crippen LogP contribution is 2.30. The van der Waals surface area contributed by atoms with Crippen LogP contribution in [0.25, 0.3) is 0 Å². The largest absolute Gasteiger partial charge is 0.481 e. The van der Waals surface area contributed by atoms with Gasteiger partial charge in [-0.15, -0.1) is 0 Å². The summed E-state index contributed by atoms with van der Waals surface area (Å²) in [6.45, 7) is 3.94. The van der Waals surface area contributed by atoms with Gasteiger partial charge in [0.25, 0.3) is 0 Å². The van der Waals surface area contributed by atoms with E-state index in [1.165, 1.54) is 0 Å². The number of hydrogen-bond acceptors (Lipinski definition) is 2. The molecule has 3 atom stereocenters. The molecule has 16 heavy (non-hydrogen) atoms. The Balaban J connectivity index is 2.60. The Labute approximate surface area is 96.4 Å². The average molecular weight is 227 g/mol. The SMILES string of the molecule is CC[C@H](C)NC(=O)[C@@H]1CCCC[C@@H]1C(=O)O. The summed E-state index contributed by atoms with van der Waals surface area (Å²) in [6, 6.07) is 0.129. The van der Waals surface area contributed by atoms with Crippen LogP contribution in [0.5, 0.6) is 0 Å². The second-order valence-corrected chi connectivity index (χ2v) is 4.65. The third kappa shape index (κ3) is 3.22. The highest BCUT2D eigenvalue weighted by atomic mass is 16.4. The molecule has 92 valence electrons. The van der Waals surface area contributed by atoms with E-state index >= 15 is 0 Å². The molecular formula is C12H21NO3. The van der Waals surface area contributed by atoms with E-state index in [1.54, 1.807) is 0 Å². The summed E-state index contributed by atoms with van der Waals surface area (Å²) in [4.78, 5) is 23.0. The lowest BCUT2D eigenvalue weighted by Gasteiger charge is -2.28. The number of amides is 1. The molecule has 2 N–H and O–H groups in total. The van der Waals surface area contributed by atoms with Gasteiger partial charge in [0.2, 0.25) is 5.91 Å². The highest BCUT2D eigenvalue weighted by Gasteiger charge is 2.35. The third-order valence-electron chi connectivity index (χ3n) is 3.42. The third-order valence-corrected chi connectivity index (χ3v) is 3.42. The van der Waals surface area contributed by atoms with E-state index in [9.17, 15) is 9.59 Å². The van der Waals surface area contributed by atoms with Gasteiger partial charge in [-0.1, -0.05) is 19.8 Å². The van der Waals surface area contributed by atoms with Crippen molar-refractivity contribution in [3.8, 4) is 0 Å². The topological polar surface area (TPSA) is 66.4 Å². The van der Waals surface area contributed by atoms with Crippen LogP contribution in [0.4, 0.5) is 0 Å². The van der Waals surface area contributed by atoms with Crippen molar-refractivity contribution in [1.29, 1.82) is 0 Å². The Morgan fingerprint density at radius 1 is 1.31 bits per heavy atom. The number of carboxylic acid groups (broad SMARTS) is 1. The number of rotatable bonds is 4. The maximum atomic E-state index is 11.9. The van der Waals surface area contributed by atoms with E-state index in [1.807, 2.05) is 13.8 Å². The monoisotopic (exact) mass is 227 g/mol. The van der Waals surface area contributed by atoms with Crippen LogP contribution in [0.2, 0.25) is 0 Å². The second kappa shape index (κ2) is 5.87. The summed E-state index contributed by atoms with van der Waals surface area (Å²) < 4.78 is 0. The fourth-order valence-corrected chi connectivity index (χ4v) is 2.19. The summed E-state index contributed by atoms with van der Waals surface area (Å²) in [7, 11) is 0. The average Bonchev–Trinajstić information content (AvgIpc) is 2.28. The van der Waals surface area contributed by atoms with E-state index in [2.05, 4.69) is 5.32 Å². The lowest BCUT2D eigenvalue weighted by atomic mass is 9.78. The van der Waals surface area contributed by atoms with Crippen molar-refractivity contribution >= 4 is 11.9 Å². The molecule has 1 fully saturated rings. The van der Waals surface area contributed by atoms with Crippen molar-refractivity contribution < 1.29 is 14.7 Å². The zero-order valence-corrected chi connectivity index (χ0v) is 10.0. The molecule has 0 heterocycles. The molecule has 0 aromatic rings. The summed E-state index contributed by atoms with van der Waals surface area (Å²) in [5.74, 6) is -1.73. The van der Waals surface area contributed by atoms with Gasteiger partial charge < -0.3 is 10.4 Å². The van der Waals surface area contributed by atoms with Gasteiger partial charge in [0.15, 0.2) is 0 Å². The first-order valence-electron chi connectivity index (χ1n) is 6.09. The first-order valence-corrected chi connectivity index (χ1v) is 6.09. The standard InChI is InChI=1S/C12H21NO3/c1-3-8(2)13-11(14)9-6-4-5-7-10(9)12(15)16/h8-10H,3-7H2,1-2H3,(H,13,14)(H,15,16)/t8-,9+,10-/m0/s1. The highest BCUT2D eigenvalue weighted by molar-refractivity contribution is 5.85. The molecule has 0 unspecified atom stereocenters. The van der Waals surface area contributed by atoms with Crippen LogP contribution in [0, 0.1) is 11.8 Å². The molecule has 0 aliphatic heterocycles. The molecule has 1 amide bonds. The van der Waals surface area contributed by atoms with Gasteiger partial charge in [-0.05, 0) is 26.2 Å². The minimum absolute atomic E-state index is 0.0820. The first kappa shape index (κ1) is 13.0. The van der Waals surface area contributed by atoms with Crippen LogP contribution in [-0.2, 0) is 9.59 Å². The number of hydrogen-bond donors (Lipinski definition) is 2. The lowest BCUT2D eigenvalue weighted by Crippen LogP contribution is -2.42. The van der Waals surface area contributed by atoms with E-state index in [4.69, 9.17) is 5.11 Å². The van der Waals surface area contributed by atoms with E-state index < -0.39 is 11.9 Å². The van der Waals surface area contributed by atoms with Gasteiger partial charge in [0.1, 0.15) is 0 Å². The number of nitrogens with one attached hydrogen (secondary N) is 1. The van der Waals surface area contributed by atoms with E-state index in [0.29, 0.717) is 12.8 Å². The van der Waals surface area contributed by atoms with Crippen molar-refractivity contribution in [3.05, 3.63) is 0 Å². The normalized spacial score (nSPS) is 27.1. The van der Waals surface area contributed by atoms with Crippen LogP contribution in [0.15, 0.2) is 0 Å². The maximum Gasteiger partial charge on any atom is 0.307 e. The molecule has 1 saturated carbocycles. The summed E-state index contributed by atoms with van der Waals surface area (Å²) in [5, 5.41) is 12.0. The quantitative estimate of drug-likeness (QED) is 0.769. The minimum atomic E-state index is -0.830. The molecule has 0 aromatic carbocycles. The van der Waals surface area contributed by atoms with E-state index in [0.717, 1.165) is 19.3 Å². The Bertz CT molecular complexity index is 265. The zero-order valence-electron chi connectivity index (χ0n) is 10.0. The van der Waals surface area contributed by atoms with Gasteiger partial charge in [-0.2, -0.15) is 0 Å². The fraction of sp³-hybridized carbons (Fsp3) is 0.833. The molecule has 1 aliphatic rings. The van der Waals surface area contributed by atoms with Crippen LogP contribution < -0.4 is 5.32 Å². The predicted octanol–water partition coefficient (Wildman–Crippen LogP) is 1.79. The smallest absolute Gasteiger partial charge is 0.307 e. The number of carboxylic acids is 1. The molecule has 0 bridgehead atoms. The van der Waals surface area contributed by atoms with Gasteiger partial charge in [-0.3, -0.25) is 9.59 Å². The molecule has 0 radical (unpaired) electrons. The summed E-state index contributed by atoms with van der Waals surface area (Å²) >= 11 is 0. The van der Waals surface area contributed by atoms with Crippen LogP contribution in [0.1, 0.15) is 46.0 Å². The van der Waals surface area contributed by atoms with Crippen molar-refractivity contribution in [2.75, 3.05) is 0 Å². The van der Waals surface area contributed by atoms with Gasteiger partial charge in [0.05, 0.1) is 11.8 Å². The molecule has 0 saturated heterocycles. The molecular weight excluding hydrogens is 206 g/mol. The molecule has 0 spiro atoms. The molecule has 0 aromatic heterocycles. The Kier molecular flexibility index (Phi) is 4.77. The molecule has 4 nitrogen and oxygen atoms in total. The van der Waals surface area contributed by atoms with E-state index in [-0.39, 0.29) is 17.9 Å². The van der Waals surface area contributed by atoms with Crippen LogP contribution in [-0.4, -0.2) is 23.0 Å². The van der Waals surface area contributed by atoms with Crippen molar-refractivity contribution in [2.45, 2.75) is 52.0 Å². The Morgan fingerprint density at radius 3 is 2.38 bits per heavy atom. The Hall–Kier alpha value is -1.06.